The highest BCUT2D eigenvalue weighted by molar-refractivity contribution is 6.20. The Labute approximate surface area is 185 Å². The third-order valence-corrected chi connectivity index (χ3v) is 4.97. The second kappa shape index (κ2) is 9.06. The molecule has 1 aliphatic rings. The van der Waals surface area contributed by atoms with Gasteiger partial charge in [0.2, 0.25) is 0 Å². The average molecular weight is 421 g/mol. The molecule has 2 heterocycles. The van der Waals surface area contributed by atoms with Gasteiger partial charge in [0.15, 0.2) is 0 Å². The Bertz CT molecular complexity index is 1290. The van der Waals surface area contributed by atoms with E-state index in [1.54, 1.807) is 42.6 Å². The minimum absolute atomic E-state index is 0.116. The predicted octanol–water partition coefficient (Wildman–Crippen LogP) is 3.13. The monoisotopic (exact) mass is 421 g/mol. The van der Waals surface area contributed by atoms with Crippen molar-refractivity contribution in [2.24, 2.45) is 4.99 Å². The first-order valence-corrected chi connectivity index (χ1v) is 9.95. The molecule has 2 aromatic carbocycles. The molecular formula is C25H19N5O2. The Morgan fingerprint density at radius 2 is 1.75 bits per heavy atom. The maximum atomic E-state index is 12.8. The Balaban J connectivity index is 1.62. The fraction of sp³-hybridized carbons (Fsp3) is 0.0800. The van der Waals surface area contributed by atoms with Gasteiger partial charge in [-0.3, -0.25) is 14.6 Å². The zero-order valence-corrected chi connectivity index (χ0v) is 17.3. The molecule has 3 aromatic rings. The molecule has 156 valence electrons. The van der Waals surface area contributed by atoms with Crippen LogP contribution >= 0.6 is 0 Å². The van der Waals surface area contributed by atoms with E-state index in [1.807, 2.05) is 37.3 Å². The first-order chi connectivity index (χ1) is 15.6. The van der Waals surface area contributed by atoms with Crippen LogP contribution in [0.4, 0.5) is 0 Å². The van der Waals surface area contributed by atoms with Crippen molar-refractivity contribution < 1.29 is 9.59 Å². The first-order valence-electron chi connectivity index (χ1n) is 9.95. The van der Waals surface area contributed by atoms with Crippen molar-refractivity contribution in [2.75, 3.05) is 0 Å². The molecule has 0 radical (unpaired) electrons. The molecule has 0 unspecified atom stereocenters. The third kappa shape index (κ3) is 4.30. The van der Waals surface area contributed by atoms with E-state index in [0.29, 0.717) is 16.7 Å². The van der Waals surface area contributed by atoms with Crippen molar-refractivity contribution in [1.29, 1.82) is 5.26 Å². The molecule has 0 fully saturated rings. The number of amidine groups is 1. The average Bonchev–Trinajstić information content (AvgIpc) is 3.18. The van der Waals surface area contributed by atoms with E-state index < -0.39 is 5.91 Å². The van der Waals surface area contributed by atoms with E-state index in [0.717, 1.165) is 11.1 Å². The number of hydrogen-bond donors (Lipinski definition) is 2. The van der Waals surface area contributed by atoms with Crippen LogP contribution in [-0.2, 0) is 11.3 Å². The van der Waals surface area contributed by atoms with Crippen LogP contribution < -0.4 is 10.6 Å². The minimum atomic E-state index is -0.526. The summed E-state index contributed by atoms with van der Waals surface area (Å²) in [6, 6.07) is 20.2. The zero-order chi connectivity index (χ0) is 22.5. The van der Waals surface area contributed by atoms with Crippen molar-refractivity contribution >= 4 is 23.3 Å². The summed E-state index contributed by atoms with van der Waals surface area (Å²) >= 11 is 0. The number of nitrogens with zero attached hydrogens (tertiary/aromatic N) is 3. The number of aromatic nitrogens is 1. The quantitative estimate of drug-likeness (QED) is 0.498. The third-order valence-electron chi connectivity index (χ3n) is 4.97. The van der Waals surface area contributed by atoms with Crippen LogP contribution in [0.3, 0.4) is 0 Å². The number of rotatable bonds is 4. The van der Waals surface area contributed by atoms with Crippen LogP contribution in [0.15, 0.2) is 83.6 Å². The largest absolute Gasteiger partial charge is 0.347 e. The number of amides is 2. The maximum Gasteiger partial charge on any atom is 0.264 e. The van der Waals surface area contributed by atoms with Crippen LogP contribution in [-0.4, -0.2) is 22.6 Å². The molecule has 2 amide bonds. The standard InChI is InChI=1S/C25H19N5O2/c1-16-8-10-17(11-9-16)14-28-25(32)21(13-26)22-19-6-2-3-7-20(19)23(29-22)30-24(31)18-5-4-12-27-15-18/h2-12,15H,14H2,1H3,(H,28,32)(H,29,30,31). The van der Waals surface area contributed by atoms with Gasteiger partial charge in [0.05, 0.1) is 11.3 Å². The molecule has 2 N–H and O–H groups in total. The van der Waals surface area contributed by atoms with E-state index in [9.17, 15) is 14.9 Å². The fourth-order valence-electron chi connectivity index (χ4n) is 3.28. The molecule has 7 heteroatoms. The number of hydrogen-bond acceptors (Lipinski definition) is 5. The lowest BCUT2D eigenvalue weighted by Gasteiger charge is -2.07. The van der Waals surface area contributed by atoms with Crippen LogP contribution in [0.25, 0.3) is 5.70 Å². The van der Waals surface area contributed by atoms with E-state index in [2.05, 4.69) is 20.6 Å². The van der Waals surface area contributed by atoms with Gasteiger partial charge in [-0.2, -0.15) is 5.26 Å². The number of aliphatic imine (C=N–C) groups is 1. The topological polar surface area (TPSA) is 107 Å². The molecule has 0 saturated heterocycles. The fourth-order valence-corrected chi connectivity index (χ4v) is 3.28. The van der Waals surface area contributed by atoms with E-state index >= 15 is 0 Å². The molecule has 0 bridgehead atoms. The SMILES string of the molecule is Cc1ccc(CNC(=O)C(C#N)=C2N=C(NC(=O)c3cccnc3)c3ccccc32)cc1. The van der Waals surface area contributed by atoms with E-state index in [-0.39, 0.29) is 29.6 Å². The Kier molecular flexibility index (Phi) is 5.86. The maximum absolute atomic E-state index is 12.8. The molecule has 0 aliphatic carbocycles. The minimum Gasteiger partial charge on any atom is -0.347 e. The Morgan fingerprint density at radius 1 is 1.00 bits per heavy atom. The van der Waals surface area contributed by atoms with Crippen molar-refractivity contribution in [1.82, 2.24) is 15.6 Å². The van der Waals surface area contributed by atoms with Crippen molar-refractivity contribution in [2.45, 2.75) is 13.5 Å². The summed E-state index contributed by atoms with van der Waals surface area (Å²) in [5, 5.41) is 15.3. The molecule has 0 spiro atoms. The summed E-state index contributed by atoms with van der Waals surface area (Å²) in [6.07, 6.45) is 3.03. The van der Waals surface area contributed by atoms with E-state index in [1.165, 1.54) is 6.20 Å². The van der Waals surface area contributed by atoms with Gasteiger partial charge < -0.3 is 10.6 Å². The number of nitriles is 1. The van der Waals surface area contributed by atoms with Gasteiger partial charge >= 0.3 is 0 Å². The zero-order valence-electron chi connectivity index (χ0n) is 17.3. The molecule has 1 aromatic heterocycles. The molecule has 4 rings (SSSR count). The number of benzene rings is 2. The Hall–Kier alpha value is -4.57. The summed E-state index contributed by atoms with van der Waals surface area (Å²) in [4.78, 5) is 33.8. The highest BCUT2D eigenvalue weighted by Crippen LogP contribution is 2.30. The number of nitrogens with one attached hydrogen (secondary N) is 2. The number of carbonyl (C=O) groups excluding carboxylic acids is 2. The second-order valence-corrected chi connectivity index (χ2v) is 7.21. The first kappa shape index (κ1) is 20.7. The summed E-state index contributed by atoms with van der Waals surface area (Å²) < 4.78 is 0. The Morgan fingerprint density at radius 3 is 2.44 bits per heavy atom. The summed E-state index contributed by atoms with van der Waals surface area (Å²) in [5.74, 6) is -0.625. The van der Waals surface area contributed by atoms with Gasteiger partial charge in [-0.25, -0.2) is 4.99 Å². The molecule has 32 heavy (non-hydrogen) atoms. The molecule has 0 atom stereocenters. The van der Waals surface area contributed by atoms with Gasteiger partial charge in [0.1, 0.15) is 17.5 Å². The number of fused-ring (bicyclic) bond motifs is 1. The van der Waals surface area contributed by atoms with Gasteiger partial charge in [-0.05, 0) is 24.6 Å². The number of aryl methyl sites for hydroxylation is 1. The second-order valence-electron chi connectivity index (χ2n) is 7.21. The van der Waals surface area contributed by atoms with E-state index in [4.69, 9.17) is 0 Å². The highest BCUT2D eigenvalue weighted by Gasteiger charge is 2.27. The summed E-state index contributed by atoms with van der Waals surface area (Å²) in [5.41, 5.74) is 3.78. The van der Waals surface area contributed by atoms with Gasteiger partial charge in [-0.1, -0.05) is 54.1 Å². The summed E-state index contributed by atoms with van der Waals surface area (Å²) in [7, 11) is 0. The van der Waals surface area contributed by atoms with Crippen LogP contribution in [0.2, 0.25) is 0 Å². The summed E-state index contributed by atoms with van der Waals surface area (Å²) in [6.45, 7) is 2.27. The molecular weight excluding hydrogens is 402 g/mol. The lowest BCUT2D eigenvalue weighted by molar-refractivity contribution is -0.117. The van der Waals surface area contributed by atoms with Gasteiger partial charge in [-0.15, -0.1) is 0 Å². The lowest BCUT2D eigenvalue weighted by Crippen LogP contribution is -2.30. The van der Waals surface area contributed by atoms with Crippen LogP contribution in [0.1, 0.15) is 32.6 Å². The molecule has 1 aliphatic heterocycles. The van der Waals surface area contributed by atoms with Crippen LogP contribution in [0.5, 0.6) is 0 Å². The van der Waals surface area contributed by atoms with Crippen molar-refractivity contribution in [3.05, 3.63) is 106 Å². The smallest absolute Gasteiger partial charge is 0.264 e. The van der Waals surface area contributed by atoms with Gasteiger partial charge in [0.25, 0.3) is 11.8 Å². The number of pyridine rings is 1. The number of carbonyl (C=O) groups is 2. The van der Waals surface area contributed by atoms with Gasteiger partial charge in [0, 0.05) is 30.1 Å². The van der Waals surface area contributed by atoms with Crippen molar-refractivity contribution in [3.8, 4) is 6.07 Å². The molecule has 0 saturated carbocycles. The normalized spacial score (nSPS) is 13.4. The molecule has 7 nitrogen and oxygen atoms in total. The predicted molar refractivity (Wildman–Crippen MR) is 120 cm³/mol. The highest BCUT2D eigenvalue weighted by atomic mass is 16.2. The lowest BCUT2D eigenvalue weighted by atomic mass is 10.0. The van der Waals surface area contributed by atoms with Crippen LogP contribution in [0, 0.1) is 18.3 Å². The van der Waals surface area contributed by atoms with Crippen molar-refractivity contribution in [3.63, 3.8) is 0 Å².